The molecule has 0 amide bonds. The van der Waals surface area contributed by atoms with E-state index in [2.05, 4.69) is 33.2 Å². The van der Waals surface area contributed by atoms with Gasteiger partial charge in [-0.1, -0.05) is 49.2 Å². The molecule has 7 N–H and O–H groups in total. The van der Waals surface area contributed by atoms with Crippen molar-refractivity contribution in [3.05, 3.63) is 184 Å². The minimum absolute atomic E-state index is 0. The van der Waals surface area contributed by atoms with Crippen LogP contribution in [0.2, 0.25) is 0 Å². The third-order valence-corrected chi connectivity index (χ3v) is 9.02. The Balaban J connectivity index is -0.000000861. The summed E-state index contributed by atoms with van der Waals surface area (Å²) < 4.78 is 10.2. The largest absolute Gasteiger partial charge is 0.540 e. The normalized spacial score (nSPS) is 10.3. The molecule has 3 heterocycles. The van der Waals surface area contributed by atoms with Crippen LogP contribution in [0.5, 0.6) is 11.5 Å². The molecule has 0 aliphatic carbocycles. The summed E-state index contributed by atoms with van der Waals surface area (Å²) in [7, 11) is 3.22. The van der Waals surface area contributed by atoms with Crippen LogP contribution in [0.25, 0.3) is 33.8 Å². The number of allylic oxidation sites excluding steroid dienone is 6. The predicted octanol–water partition coefficient (Wildman–Crippen LogP) is 9.66. The summed E-state index contributed by atoms with van der Waals surface area (Å²) in [6, 6.07) is 31.6. The summed E-state index contributed by atoms with van der Waals surface area (Å²) in [5, 5.41) is 62.0. The van der Waals surface area contributed by atoms with Gasteiger partial charge in [0.15, 0.2) is 17.3 Å². The Morgan fingerprint density at radius 1 is 0.480 bits per heavy atom. The molecule has 3 radical (unpaired) electrons. The first kappa shape index (κ1) is 73.3. The second-order valence-corrected chi connectivity index (χ2v) is 15.8. The number of aryl methyl sites for hydroxylation is 3. The number of hydrogen-bond acceptors (Lipinski definition) is 15. The zero-order chi connectivity index (χ0) is 54.3. The van der Waals surface area contributed by atoms with Gasteiger partial charge in [0.25, 0.3) is 0 Å². The number of carbonyl (C=O) groups is 3. The van der Waals surface area contributed by atoms with Gasteiger partial charge in [-0.2, -0.15) is 0 Å². The Labute approximate surface area is 479 Å². The van der Waals surface area contributed by atoms with Crippen LogP contribution >= 0.6 is 0 Å². The van der Waals surface area contributed by atoms with Gasteiger partial charge in [-0.05, 0) is 94.9 Å². The third kappa shape index (κ3) is 30.3. The monoisotopic (exact) mass is 1290 g/mol. The molecule has 411 valence electrons. The summed E-state index contributed by atoms with van der Waals surface area (Å²) in [5.41, 5.74) is 11.3. The molecule has 0 aliphatic heterocycles. The van der Waals surface area contributed by atoms with Gasteiger partial charge in [-0.15, -0.1) is 81.9 Å². The summed E-state index contributed by atoms with van der Waals surface area (Å²) >= 11 is 0. The van der Waals surface area contributed by atoms with E-state index in [1.807, 2.05) is 57.2 Å². The Hall–Kier alpha value is -5.95. The topological polar surface area (TPSA) is 250 Å². The van der Waals surface area contributed by atoms with Gasteiger partial charge in [-0.3, -0.25) is 14.4 Å². The van der Waals surface area contributed by atoms with Gasteiger partial charge in [-0.25, -0.2) is 0 Å². The maximum absolute atomic E-state index is 10.0. The number of aliphatic hydroxyl groups excluding tert-OH is 7. The Kier molecular flexibility index (Phi) is 39.5. The van der Waals surface area contributed by atoms with Crippen LogP contribution < -0.4 is 9.47 Å². The SMILES string of the molecule is CC(=O)C=C(C)O.CC(=O)C=C(C)O.CC(=O)C=C(C)O.COc1c[c-]c(-c2cc(C)ccn2)c(CO)c1.COc1c[c-]c(-c2cc(CO)ccn2)c(C)c1.Cc1c[c-]c(-c2cc(CO)ccn2)c(CO)c1.[Rh].[Rh].[Rh]. The first-order valence-electron chi connectivity index (χ1n) is 22.2. The standard InChI is InChI=1S/3C14H14NO2.3C5H8O2.3Rh/c1-10-7-12(17-2)3-4-13(10)14-8-11(9-16)5-6-15-14;1-10-5-6-15-14(7-10)13-4-3-12(17-2)8-11(13)9-16;1-10-2-3-13(12(6-10)9-17)14-7-11(8-16)4-5-15-14;3*1-4(6)3-5(2)7;;;/h2*3,5-8,16H,9H2,1-2H3;2,4-7,16-17H,8-9H2,1H3;3*3,6H,1-2H3;;;/q3*-1;;;;;;. The van der Waals surface area contributed by atoms with Crippen molar-refractivity contribution < 1.29 is 118 Å². The van der Waals surface area contributed by atoms with Crippen molar-refractivity contribution >= 4 is 17.3 Å². The molecule has 6 aromatic rings. The van der Waals surface area contributed by atoms with Crippen LogP contribution in [0.15, 0.2) is 127 Å². The quantitative estimate of drug-likeness (QED) is 0.0261. The summed E-state index contributed by atoms with van der Waals surface area (Å²) in [4.78, 5) is 42.9. The maximum Gasteiger partial charge on any atom is 0.155 e. The summed E-state index contributed by atoms with van der Waals surface area (Å²) in [5.74, 6) is 1.28. The predicted molar refractivity (Wildman–Crippen MR) is 278 cm³/mol. The zero-order valence-electron chi connectivity index (χ0n) is 43.7. The number of benzene rings is 3. The number of aromatic nitrogens is 3. The average Bonchev–Trinajstić information content (AvgIpc) is 3.33. The molecule has 15 nitrogen and oxygen atoms in total. The molecular formula is C57H66N3O12Rh3-3. The second-order valence-electron chi connectivity index (χ2n) is 15.8. The van der Waals surface area contributed by atoms with Gasteiger partial charge in [0.05, 0.1) is 44.7 Å². The second kappa shape index (κ2) is 40.4. The van der Waals surface area contributed by atoms with E-state index in [0.717, 1.165) is 78.5 Å². The molecule has 75 heavy (non-hydrogen) atoms. The number of hydrogen-bond donors (Lipinski definition) is 7. The van der Waals surface area contributed by atoms with Crippen molar-refractivity contribution in [2.75, 3.05) is 14.2 Å². The first-order chi connectivity index (χ1) is 34.1. The van der Waals surface area contributed by atoms with Gasteiger partial charge in [0, 0.05) is 120 Å². The molecule has 0 atom stereocenters. The van der Waals surface area contributed by atoms with Gasteiger partial charge in [0.1, 0.15) is 0 Å². The molecule has 6 rings (SSSR count). The number of carbonyl (C=O) groups excluding carboxylic acids is 3. The van der Waals surface area contributed by atoms with Gasteiger partial charge >= 0.3 is 0 Å². The van der Waals surface area contributed by atoms with Crippen LogP contribution in [-0.2, 0) is 99.2 Å². The minimum atomic E-state index is -0.125. The molecule has 0 bridgehead atoms. The number of pyridine rings is 3. The Morgan fingerprint density at radius 2 is 0.840 bits per heavy atom. The molecular weight excluding hydrogens is 1230 g/mol. The Bertz CT molecular complexity index is 2700. The smallest absolute Gasteiger partial charge is 0.155 e. The number of aliphatic hydroxyl groups is 7. The van der Waals surface area contributed by atoms with E-state index in [1.54, 1.807) is 69.2 Å². The van der Waals surface area contributed by atoms with E-state index in [0.29, 0.717) is 5.75 Å². The van der Waals surface area contributed by atoms with E-state index in [9.17, 15) is 24.6 Å². The summed E-state index contributed by atoms with van der Waals surface area (Å²) in [6.45, 7) is 14.4. The summed E-state index contributed by atoms with van der Waals surface area (Å²) in [6.07, 6.45) is 8.60. The number of rotatable bonds is 12. The molecule has 0 saturated heterocycles. The van der Waals surface area contributed by atoms with Crippen molar-refractivity contribution in [2.24, 2.45) is 0 Å². The fourth-order valence-corrected chi connectivity index (χ4v) is 5.99. The van der Waals surface area contributed by atoms with Gasteiger partial charge < -0.3 is 60.2 Å². The molecule has 18 heteroatoms. The number of nitrogens with zero attached hydrogens (tertiary/aromatic N) is 3. The van der Waals surface area contributed by atoms with E-state index < -0.39 is 0 Å². The van der Waals surface area contributed by atoms with Crippen LogP contribution in [0.4, 0.5) is 0 Å². The van der Waals surface area contributed by atoms with Crippen LogP contribution in [0.3, 0.4) is 0 Å². The fourth-order valence-electron chi connectivity index (χ4n) is 5.99. The van der Waals surface area contributed by atoms with Crippen LogP contribution in [-0.4, -0.2) is 82.3 Å². The van der Waals surface area contributed by atoms with E-state index in [4.69, 9.17) is 35.0 Å². The average molecular weight is 1290 g/mol. The molecule has 3 aromatic carbocycles. The maximum atomic E-state index is 10.0. The van der Waals surface area contributed by atoms with Crippen molar-refractivity contribution in [1.29, 1.82) is 0 Å². The van der Waals surface area contributed by atoms with Crippen molar-refractivity contribution in [2.45, 2.75) is 88.7 Å². The van der Waals surface area contributed by atoms with Crippen LogP contribution in [0.1, 0.15) is 80.5 Å². The van der Waals surface area contributed by atoms with Crippen molar-refractivity contribution in [3.8, 4) is 45.3 Å². The Morgan fingerprint density at radius 3 is 1.19 bits per heavy atom. The molecule has 0 unspecified atom stereocenters. The first-order valence-corrected chi connectivity index (χ1v) is 22.2. The van der Waals surface area contributed by atoms with E-state index >= 15 is 0 Å². The van der Waals surface area contributed by atoms with E-state index in [1.165, 1.54) is 59.8 Å². The third-order valence-electron chi connectivity index (χ3n) is 9.02. The van der Waals surface area contributed by atoms with Crippen molar-refractivity contribution in [3.63, 3.8) is 0 Å². The molecule has 0 saturated carbocycles. The number of methoxy groups -OCH3 is 2. The molecule has 0 spiro atoms. The molecule has 0 fully saturated rings. The number of ether oxygens (including phenoxy) is 2. The van der Waals surface area contributed by atoms with Crippen molar-refractivity contribution in [1.82, 2.24) is 15.0 Å². The molecule has 3 aromatic heterocycles. The fraction of sp³-hybridized carbons (Fsp3) is 0.263. The van der Waals surface area contributed by atoms with E-state index in [-0.39, 0.29) is 119 Å². The zero-order valence-corrected chi connectivity index (χ0v) is 48.7. The van der Waals surface area contributed by atoms with Gasteiger partial charge in [0.2, 0.25) is 0 Å². The van der Waals surface area contributed by atoms with Crippen LogP contribution in [0, 0.1) is 39.0 Å². The molecule has 0 aliphatic rings. The number of ketones is 3. The minimum Gasteiger partial charge on any atom is -0.540 e.